The summed E-state index contributed by atoms with van der Waals surface area (Å²) in [5.41, 5.74) is 14.8. The van der Waals surface area contributed by atoms with Gasteiger partial charge in [0.05, 0.1) is 0 Å². The fraction of sp³-hybridized carbons (Fsp3) is 0.0682. The number of hydrogen-bond acceptors (Lipinski definition) is 2. The van der Waals surface area contributed by atoms with Crippen LogP contribution in [-0.4, -0.2) is 11.5 Å². The summed E-state index contributed by atoms with van der Waals surface area (Å²) < 4.78 is 0. The van der Waals surface area contributed by atoms with E-state index in [-0.39, 0.29) is 0 Å². The van der Waals surface area contributed by atoms with Crippen LogP contribution in [0.25, 0.3) is 71.6 Å². The van der Waals surface area contributed by atoms with Crippen molar-refractivity contribution in [1.82, 2.24) is 10.3 Å². The monoisotopic (exact) mass is 590 g/mol. The number of dihydropyridines is 1. The van der Waals surface area contributed by atoms with E-state index in [9.17, 15) is 0 Å². The molecule has 0 bridgehead atoms. The van der Waals surface area contributed by atoms with E-state index in [2.05, 4.69) is 164 Å². The second kappa shape index (κ2) is 11.6. The maximum absolute atomic E-state index is 4.29. The molecular formula is C44H34N2. The average molecular weight is 591 g/mol. The lowest BCUT2D eigenvalue weighted by molar-refractivity contribution is 0.960. The van der Waals surface area contributed by atoms with Crippen molar-refractivity contribution in [3.63, 3.8) is 0 Å². The molecule has 8 rings (SSSR count). The average Bonchev–Trinajstić information content (AvgIpc) is 3.11. The highest BCUT2D eigenvalue weighted by Gasteiger charge is 2.18. The minimum atomic E-state index is 0.858. The molecule has 0 spiro atoms. The lowest BCUT2D eigenvalue weighted by Gasteiger charge is -2.20. The second-order valence-electron chi connectivity index (χ2n) is 12.1. The van der Waals surface area contributed by atoms with Gasteiger partial charge < -0.3 is 5.32 Å². The van der Waals surface area contributed by atoms with Gasteiger partial charge in [0.1, 0.15) is 0 Å². The molecule has 1 aliphatic rings. The van der Waals surface area contributed by atoms with E-state index in [1.807, 2.05) is 12.4 Å². The zero-order valence-electron chi connectivity index (χ0n) is 26.1. The van der Waals surface area contributed by atoms with Gasteiger partial charge in [0.25, 0.3) is 0 Å². The highest BCUT2D eigenvalue weighted by molar-refractivity contribution is 6.22. The molecule has 220 valence electrons. The van der Waals surface area contributed by atoms with E-state index in [1.165, 1.54) is 88.3 Å². The summed E-state index contributed by atoms with van der Waals surface area (Å²) in [6, 6.07) is 46.9. The van der Waals surface area contributed by atoms with Gasteiger partial charge in [-0.25, -0.2) is 0 Å². The molecule has 2 heterocycles. The van der Waals surface area contributed by atoms with Gasteiger partial charge in [-0.15, -0.1) is 0 Å². The number of nitrogens with one attached hydrogen (secondary N) is 1. The van der Waals surface area contributed by atoms with Crippen molar-refractivity contribution in [1.29, 1.82) is 0 Å². The predicted molar refractivity (Wildman–Crippen MR) is 195 cm³/mol. The fourth-order valence-corrected chi connectivity index (χ4v) is 7.00. The summed E-state index contributed by atoms with van der Waals surface area (Å²) in [6.45, 7) is 5.14. The molecular weight excluding hydrogens is 556 g/mol. The summed E-state index contributed by atoms with van der Waals surface area (Å²) in [5, 5.41) is 8.35. The number of rotatable bonds is 5. The number of allylic oxidation sites excluding steroid dienone is 2. The summed E-state index contributed by atoms with van der Waals surface area (Å²) in [5.74, 6) is 0. The molecule has 1 aromatic heterocycles. The molecule has 0 atom stereocenters. The fourth-order valence-electron chi connectivity index (χ4n) is 7.00. The van der Waals surface area contributed by atoms with Gasteiger partial charge in [0, 0.05) is 25.1 Å². The first kappa shape index (κ1) is 27.8. The summed E-state index contributed by atoms with van der Waals surface area (Å²) in [7, 11) is 0. The third-order valence-corrected chi connectivity index (χ3v) is 9.29. The molecule has 0 radical (unpaired) electrons. The number of pyridine rings is 1. The first-order chi connectivity index (χ1) is 22.7. The zero-order valence-corrected chi connectivity index (χ0v) is 26.1. The van der Waals surface area contributed by atoms with Crippen molar-refractivity contribution in [2.75, 3.05) is 6.54 Å². The number of aromatic nitrogens is 1. The maximum Gasteiger partial charge on any atom is 0.0334 e. The van der Waals surface area contributed by atoms with Gasteiger partial charge in [0.2, 0.25) is 0 Å². The molecule has 0 saturated carbocycles. The smallest absolute Gasteiger partial charge is 0.0334 e. The Bertz CT molecular complexity index is 2290. The molecule has 6 aromatic carbocycles. The molecule has 2 nitrogen and oxygen atoms in total. The van der Waals surface area contributed by atoms with Gasteiger partial charge in [0.15, 0.2) is 0 Å². The first-order valence-corrected chi connectivity index (χ1v) is 15.9. The molecule has 0 aliphatic carbocycles. The van der Waals surface area contributed by atoms with Crippen molar-refractivity contribution in [2.45, 2.75) is 13.8 Å². The predicted octanol–water partition coefficient (Wildman–Crippen LogP) is 11.3. The van der Waals surface area contributed by atoms with E-state index in [1.54, 1.807) is 0 Å². The molecule has 0 fully saturated rings. The normalized spacial score (nSPS) is 12.9. The van der Waals surface area contributed by atoms with Gasteiger partial charge in [-0.3, -0.25) is 4.98 Å². The lowest BCUT2D eigenvalue weighted by Crippen LogP contribution is -2.11. The quantitative estimate of drug-likeness (QED) is 0.202. The Morgan fingerprint density at radius 3 is 1.78 bits per heavy atom. The highest BCUT2D eigenvalue weighted by atomic mass is 14.8. The number of nitrogens with zero attached hydrogens (tertiary/aromatic N) is 1. The SMILES string of the molecule is CC1=CNCC=C1c1ccc(-c2c3ccccc3c(-c3ccc(-c4ccncc4C)cc3)c3ccc(-c4ccccc4)cc23)cc1. The van der Waals surface area contributed by atoms with E-state index < -0.39 is 0 Å². The number of benzene rings is 6. The van der Waals surface area contributed by atoms with Crippen molar-refractivity contribution < 1.29 is 0 Å². The molecule has 0 unspecified atom stereocenters. The van der Waals surface area contributed by atoms with Crippen LogP contribution < -0.4 is 5.32 Å². The number of fused-ring (bicyclic) bond motifs is 2. The van der Waals surface area contributed by atoms with Crippen LogP contribution in [0.5, 0.6) is 0 Å². The van der Waals surface area contributed by atoms with Gasteiger partial charge in [-0.1, -0.05) is 121 Å². The topological polar surface area (TPSA) is 24.9 Å². The Balaban J connectivity index is 1.36. The van der Waals surface area contributed by atoms with Gasteiger partial charge >= 0.3 is 0 Å². The Hall–Kier alpha value is -5.73. The van der Waals surface area contributed by atoms with E-state index in [4.69, 9.17) is 0 Å². The molecule has 0 amide bonds. The third-order valence-electron chi connectivity index (χ3n) is 9.29. The Labute approximate surface area is 270 Å². The molecule has 1 N–H and O–H groups in total. The minimum absolute atomic E-state index is 0.858. The van der Waals surface area contributed by atoms with Crippen LogP contribution >= 0.6 is 0 Å². The zero-order chi connectivity index (χ0) is 31.0. The summed E-state index contributed by atoms with van der Waals surface area (Å²) in [4.78, 5) is 4.29. The Morgan fingerprint density at radius 2 is 1.11 bits per heavy atom. The lowest BCUT2D eigenvalue weighted by atomic mass is 9.84. The summed E-state index contributed by atoms with van der Waals surface area (Å²) in [6.07, 6.45) is 8.19. The Morgan fingerprint density at radius 1 is 0.522 bits per heavy atom. The second-order valence-corrected chi connectivity index (χ2v) is 12.1. The van der Waals surface area contributed by atoms with Crippen LogP contribution in [0.15, 0.2) is 158 Å². The van der Waals surface area contributed by atoms with E-state index in [0.717, 1.165) is 6.54 Å². The van der Waals surface area contributed by atoms with Crippen LogP contribution in [0, 0.1) is 6.92 Å². The van der Waals surface area contributed by atoms with Crippen LogP contribution in [0.4, 0.5) is 0 Å². The van der Waals surface area contributed by atoms with Gasteiger partial charge in [-0.05, 0) is 114 Å². The molecule has 46 heavy (non-hydrogen) atoms. The van der Waals surface area contributed by atoms with E-state index >= 15 is 0 Å². The number of hydrogen-bond donors (Lipinski definition) is 1. The largest absolute Gasteiger partial charge is 0.387 e. The van der Waals surface area contributed by atoms with E-state index in [0.29, 0.717) is 0 Å². The summed E-state index contributed by atoms with van der Waals surface area (Å²) >= 11 is 0. The maximum atomic E-state index is 4.29. The van der Waals surface area contributed by atoms with Crippen LogP contribution in [-0.2, 0) is 0 Å². The minimum Gasteiger partial charge on any atom is -0.387 e. The molecule has 0 saturated heterocycles. The van der Waals surface area contributed by atoms with Crippen molar-refractivity contribution >= 4 is 27.1 Å². The van der Waals surface area contributed by atoms with Crippen LogP contribution in [0.3, 0.4) is 0 Å². The molecule has 2 heteroatoms. The third kappa shape index (κ3) is 4.89. The molecule has 7 aromatic rings. The van der Waals surface area contributed by atoms with Crippen LogP contribution in [0.1, 0.15) is 18.1 Å². The van der Waals surface area contributed by atoms with Crippen molar-refractivity contribution in [2.24, 2.45) is 0 Å². The highest BCUT2D eigenvalue weighted by Crippen LogP contribution is 2.45. The van der Waals surface area contributed by atoms with Crippen LogP contribution in [0.2, 0.25) is 0 Å². The number of aryl methyl sites for hydroxylation is 1. The van der Waals surface area contributed by atoms with Crippen molar-refractivity contribution in [3.8, 4) is 44.5 Å². The first-order valence-electron chi connectivity index (χ1n) is 15.9. The van der Waals surface area contributed by atoms with Crippen molar-refractivity contribution in [3.05, 3.63) is 169 Å². The standard InChI is InChI=1S/C44H34N2/c1-29-27-45-24-22-37(29)32-12-16-34(17-13-32)43-39-10-6-7-11-40(39)44(35-18-14-33(15-19-35)38-23-25-46-28-30(38)2)42-26-36(20-21-41(42)43)31-8-4-3-5-9-31/h3-24,26-28,46H,25H2,1-2H3. The Kier molecular flexibility index (Phi) is 7.04. The molecule has 1 aliphatic heterocycles. The van der Waals surface area contributed by atoms with Gasteiger partial charge in [-0.2, -0.15) is 0 Å².